The maximum atomic E-state index is 11.6. The Balaban J connectivity index is 4.18. The summed E-state index contributed by atoms with van der Waals surface area (Å²) in [4.78, 5) is 23.9. The van der Waals surface area contributed by atoms with Gasteiger partial charge in [-0.1, -0.05) is 13.8 Å². The zero-order valence-electron chi connectivity index (χ0n) is 9.20. The third kappa shape index (κ3) is 3.74. The summed E-state index contributed by atoms with van der Waals surface area (Å²) in [5.74, 6) is -0.324. The number of nitrogens with two attached hydrogens (primary N) is 1. The van der Waals surface area contributed by atoms with Crippen LogP contribution in [0.1, 0.15) is 13.8 Å². The van der Waals surface area contributed by atoms with Crippen molar-refractivity contribution >= 4 is 11.8 Å². The van der Waals surface area contributed by atoms with Crippen molar-refractivity contribution in [2.45, 2.75) is 19.9 Å². The summed E-state index contributed by atoms with van der Waals surface area (Å²) in [5, 5.41) is 2.45. The molecule has 0 radical (unpaired) electrons. The lowest BCUT2D eigenvalue weighted by molar-refractivity contribution is -0.136. The van der Waals surface area contributed by atoms with E-state index in [0.717, 1.165) is 0 Å². The Kier molecular flexibility index (Phi) is 5.15. The largest absolute Gasteiger partial charge is 0.358 e. The fraction of sp³-hybridized carbons (Fsp3) is 0.778. The van der Waals surface area contributed by atoms with Crippen molar-refractivity contribution in [1.29, 1.82) is 0 Å². The molecule has 5 heteroatoms. The summed E-state index contributed by atoms with van der Waals surface area (Å²) in [7, 11) is 3.10. The lowest BCUT2D eigenvalue weighted by Gasteiger charge is -2.22. The van der Waals surface area contributed by atoms with Crippen molar-refractivity contribution in [1.82, 2.24) is 10.2 Å². The Bertz CT molecular complexity index is 216. The summed E-state index contributed by atoms with van der Waals surface area (Å²) in [6, 6.07) is -0.537. The Morgan fingerprint density at radius 1 is 1.43 bits per heavy atom. The van der Waals surface area contributed by atoms with E-state index in [-0.39, 0.29) is 24.3 Å². The number of nitrogens with one attached hydrogen (secondary N) is 1. The first kappa shape index (κ1) is 12.9. The van der Waals surface area contributed by atoms with Crippen LogP contribution in [0.25, 0.3) is 0 Å². The fourth-order valence-electron chi connectivity index (χ4n) is 0.912. The Labute approximate surface area is 84.6 Å². The maximum Gasteiger partial charge on any atom is 0.239 e. The normalized spacial score (nSPS) is 12.4. The standard InChI is InChI=1S/C9H19N3O2/c1-6(2)8(10)9(14)12(4)5-7(13)11-3/h6,8H,5,10H2,1-4H3,(H,11,13)/t8-/m0/s1. The molecule has 0 aromatic rings. The third-order valence-corrected chi connectivity index (χ3v) is 2.04. The number of rotatable bonds is 4. The molecule has 0 aromatic carbocycles. The highest BCUT2D eigenvalue weighted by Crippen LogP contribution is 2.01. The van der Waals surface area contributed by atoms with E-state index in [2.05, 4.69) is 5.32 Å². The summed E-state index contributed by atoms with van der Waals surface area (Å²) >= 11 is 0. The summed E-state index contributed by atoms with van der Waals surface area (Å²) in [6.45, 7) is 3.79. The minimum Gasteiger partial charge on any atom is -0.358 e. The van der Waals surface area contributed by atoms with Gasteiger partial charge in [0.25, 0.3) is 0 Å². The molecule has 1 atom stereocenters. The van der Waals surface area contributed by atoms with Crippen molar-refractivity contribution in [2.24, 2.45) is 11.7 Å². The molecule has 0 fully saturated rings. The van der Waals surface area contributed by atoms with Crippen LogP contribution in [0.4, 0.5) is 0 Å². The highest BCUT2D eigenvalue weighted by atomic mass is 16.2. The number of hydrogen-bond acceptors (Lipinski definition) is 3. The predicted octanol–water partition coefficient (Wildman–Crippen LogP) is -0.826. The van der Waals surface area contributed by atoms with Gasteiger partial charge in [0.15, 0.2) is 0 Å². The number of carbonyl (C=O) groups excluding carboxylic acids is 2. The van der Waals surface area contributed by atoms with E-state index in [1.807, 2.05) is 13.8 Å². The van der Waals surface area contributed by atoms with Gasteiger partial charge < -0.3 is 16.0 Å². The number of nitrogens with zero attached hydrogens (tertiary/aromatic N) is 1. The van der Waals surface area contributed by atoms with Crippen molar-refractivity contribution in [2.75, 3.05) is 20.6 Å². The predicted molar refractivity (Wildman–Crippen MR) is 54.5 cm³/mol. The van der Waals surface area contributed by atoms with Gasteiger partial charge in [0, 0.05) is 14.1 Å². The third-order valence-electron chi connectivity index (χ3n) is 2.04. The number of likely N-dealkylation sites (N-methyl/N-ethyl adjacent to an activating group) is 2. The van der Waals surface area contributed by atoms with Crippen LogP contribution in [0.15, 0.2) is 0 Å². The van der Waals surface area contributed by atoms with E-state index in [0.29, 0.717) is 0 Å². The monoisotopic (exact) mass is 201 g/mol. The molecule has 0 aromatic heterocycles. The molecule has 0 bridgehead atoms. The zero-order chi connectivity index (χ0) is 11.3. The minimum atomic E-state index is -0.537. The molecule has 0 saturated carbocycles. The number of hydrogen-bond donors (Lipinski definition) is 2. The van der Waals surface area contributed by atoms with E-state index in [1.54, 1.807) is 7.05 Å². The summed E-state index contributed by atoms with van der Waals surface area (Å²) in [5.41, 5.74) is 5.66. The second kappa shape index (κ2) is 5.59. The molecule has 0 aliphatic carbocycles. The van der Waals surface area contributed by atoms with Crippen LogP contribution in [-0.4, -0.2) is 43.4 Å². The molecule has 0 saturated heterocycles. The first-order valence-corrected chi connectivity index (χ1v) is 4.61. The molecule has 2 amide bonds. The molecule has 0 unspecified atom stereocenters. The molecular weight excluding hydrogens is 182 g/mol. The van der Waals surface area contributed by atoms with Gasteiger partial charge in [-0.05, 0) is 5.92 Å². The van der Waals surface area contributed by atoms with Gasteiger partial charge >= 0.3 is 0 Å². The molecule has 3 N–H and O–H groups in total. The first-order valence-electron chi connectivity index (χ1n) is 4.61. The molecule has 5 nitrogen and oxygen atoms in total. The molecule has 0 spiro atoms. The smallest absolute Gasteiger partial charge is 0.239 e. The van der Waals surface area contributed by atoms with Crippen LogP contribution in [0.2, 0.25) is 0 Å². The van der Waals surface area contributed by atoms with Gasteiger partial charge in [-0.3, -0.25) is 9.59 Å². The lowest BCUT2D eigenvalue weighted by Crippen LogP contribution is -2.47. The van der Waals surface area contributed by atoms with Crippen LogP contribution in [0.5, 0.6) is 0 Å². The van der Waals surface area contributed by atoms with Gasteiger partial charge in [-0.2, -0.15) is 0 Å². The SMILES string of the molecule is CNC(=O)CN(C)C(=O)[C@@H](N)C(C)C. The lowest BCUT2D eigenvalue weighted by atomic mass is 10.0. The van der Waals surface area contributed by atoms with Gasteiger partial charge in [-0.25, -0.2) is 0 Å². The van der Waals surface area contributed by atoms with E-state index in [9.17, 15) is 9.59 Å². The molecule has 0 heterocycles. The number of amides is 2. The average Bonchev–Trinajstić information content (AvgIpc) is 2.14. The van der Waals surface area contributed by atoms with Crippen molar-refractivity contribution in [3.63, 3.8) is 0 Å². The second-order valence-corrected chi connectivity index (χ2v) is 3.64. The van der Waals surface area contributed by atoms with Crippen molar-refractivity contribution in [3.05, 3.63) is 0 Å². The van der Waals surface area contributed by atoms with Crippen molar-refractivity contribution < 1.29 is 9.59 Å². The molecular formula is C9H19N3O2. The van der Waals surface area contributed by atoms with Crippen LogP contribution >= 0.6 is 0 Å². The Morgan fingerprint density at radius 3 is 2.29 bits per heavy atom. The van der Waals surface area contributed by atoms with E-state index >= 15 is 0 Å². The second-order valence-electron chi connectivity index (χ2n) is 3.64. The molecule has 0 rings (SSSR count). The van der Waals surface area contributed by atoms with E-state index < -0.39 is 6.04 Å². The number of carbonyl (C=O) groups is 2. The topological polar surface area (TPSA) is 75.4 Å². The maximum absolute atomic E-state index is 11.6. The van der Waals surface area contributed by atoms with Crippen molar-refractivity contribution in [3.8, 4) is 0 Å². The van der Waals surface area contributed by atoms with Crippen LogP contribution in [-0.2, 0) is 9.59 Å². The highest BCUT2D eigenvalue weighted by molar-refractivity contribution is 5.87. The minimum absolute atomic E-state index is 0.0513. The van der Waals surface area contributed by atoms with Crippen LogP contribution in [0, 0.1) is 5.92 Å². The van der Waals surface area contributed by atoms with Gasteiger partial charge in [-0.15, -0.1) is 0 Å². The Hall–Kier alpha value is -1.10. The van der Waals surface area contributed by atoms with Crippen LogP contribution in [0.3, 0.4) is 0 Å². The van der Waals surface area contributed by atoms with Gasteiger partial charge in [0.2, 0.25) is 11.8 Å². The average molecular weight is 201 g/mol. The molecule has 14 heavy (non-hydrogen) atoms. The summed E-state index contributed by atoms with van der Waals surface area (Å²) < 4.78 is 0. The highest BCUT2D eigenvalue weighted by Gasteiger charge is 2.21. The first-order chi connectivity index (χ1) is 6.40. The Morgan fingerprint density at radius 2 is 1.93 bits per heavy atom. The molecule has 0 aliphatic rings. The quantitative estimate of drug-likeness (QED) is 0.623. The molecule has 0 aliphatic heterocycles. The van der Waals surface area contributed by atoms with E-state index in [4.69, 9.17) is 5.73 Å². The molecule has 82 valence electrons. The fourth-order valence-corrected chi connectivity index (χ4v) is 0.912. The van der Waals surface area contributed by atoms with Gasteiger partial charge in [0.1, 0.15) is 0 Å². The van der Waals surface area contributed by atoms with Gasteiger partial charge in [0.05, 0.1) is 12.6 Å². The zero-order valence-corrected chi connectivity index (χ0v) is 9.20. The van der Waals surface area contributed by atoms with Crippen LogP contribution < -0.4 is 11.1 Å². The van der Waals surface area contributed by atoms with E-state index in [1.165, 1.54) is 11.9 Å². The summed E-state index contributed by atoms with van der Waals surface area (Å²) in [6.07, 6.45) is 0.